The molecule has 0 bridgehead atoms. The maximum atomic E-state index is 11.7. The average molecular weight is 357 g/mol. The highest BCUT2D eigenvalue weighted by atomic mass is 35.5. The minimum Gasteiger partial charge on any atom is -0.480 e. The molecule has 1 aromatic carbocycles. The first-order chi connectivity index (χ1) is 11.3. The van der Waals surface area contributed by atoms with Crippen molar-refractivity contribution in [3.8, 4) is 0 Å². The highest BCUT2D eigenvalue weighted by Gasteiger charge is 2.20. The van der Waals surface area contributed by atoms with E-state index in [1.807, 2.05) is 0 Å². The Labute approximate surface area is 142 Å². The van der Waals surface area contributed by atoms with Gasteiger partial charge in [0, 0.05) is 17.1 Å². The Morgan fingerprint density at radius 3 is 2.33 bits per heavy atom. The summed E-state index contributed by atoms with van der Waals surface area (Å²) in [6.45, 7) is -0.431. The Morgan fingerprint density at radius 1 is 1.17 bits per heavy atom. The summed E-state index contributed by atoms with van der Waals surface area (Å²) in [4.78, 5) is 44.9. The van der Waals surface area contributed by atoms with Gasteiger partial charge >= 0.3 is 12.0 Å². The number of hydrogen-bond acceptors (Lipinski definition) is 4. The van der Waals surface area contributed by atoms with Crippen molar-refractivity contribution in [2.45, 2.75) is 18.9 Å². The zero-order valence-corrected chi connectivity index (χ0v) is 13.3. The molecule has 0 aromatic heterocycles. The summed E-state index contributed by atoms with van der Waals surface area (Å²) < 4.78 is 0. The van der Waals surface area contributed by atoms with Crippen LogP contribution in [0, 0.1) is 0 Å². The molecule has 10 heteroatoms. The molecule has 0 heterocycles. The van der Waals surface area contributed by atoms with E-state index in [0.29, 0.717) is 10.7 Å². The van der Waals surface area contributed by atoms with E-state index in [0.717, 1.165) is 0 Å². The number of carbonyl (C=O) groups excluding carboxylic acids is 3. The number of carboxylic acid groups (broad SMARTS) is 1. The molecule has 6 N–H and O–H groups in total. The quantitative estimate of drug-likeness (QED) is 0.453. The van der Waals surface area contributed by atoms with Crippen molar-refractivity contribution in [1.82, 2.24) is 10.6 Å². The lowest BCUT2D eigenvalue weighted by Crippen LogP contribution is -2.46. The summed E-state index contributed by atoms with van der Waals surface area (Å²) in [6.07, 6.45) is -0.310. The van der Waals surface area contributed by atoms with E-state index in [4.69, 9.17) is 22.4 Å². The zero-order valence-electron chi connectivity index (χ0n) is 12.5. The molecule has 0 aliphatic carbocycles. The number of hydrogen-bond donors (Lipinski definition) is 5. The van der Waals surface area contributed by atoms with Crippen molar-refractivity contribution >= 4 is 41.1 Å². The fourth-order valence-corrected chi connectivity index (χ4v) is 1.78. The molecule has 0 aliphatic heterocycles. The Bertz CT molecular complexity index is 620. The second-order valence-corrected chi connectivity index (χ2v) is 5.21. The van der Waals surface area contributed by atoms with Gasteiger partial charge in [-0.1, -0.05) is 11.6 Å². The maximum Gasteiger partial charge on any atom is 0.326 e. The van der Waals surface area contributed by atoms with Crippen LogP contribution in [0.15, 0.2) is 24.3 Å². The standard InChI is InChI=1S/C14H17ClN4O5/c15-8-1-3-9(4-2-8)18-14(24)17-7-12(21)19-10(13(22)23)5-6-11(16)20/h1-4,10H,5-7H2,(H2,16,20)(H,19,21)(H,22,23)(H2,17,18,24). The highest BCUT2D eigenvalue weighted by molar-refractivity contribution is 6.30. The molecule has 1 aromatic rings. The zero-order chi connectivity index (χ0) is 18.1. The van der Waals surface area contributed by atoms with Gasteiger partial charge in [-0.3, -0.25) is 9.59 Å². The summed E-state index contributed by atoms with van der Waals surface area (Å²) in [5, 5.41) is 16.4. The highest BCUT2D eigenvalue weighted by Crippen LogP contribution is 2.12. The fraction of sp³-hybridized carbons (Fsp3) is 0.286. The van der Waals surface area contributed by atoms with E-state index >= 15 is 0 Å². The number of rotatable bonds is 8. The van der Waals surface area contributed by atoms with E-state index in [2.05, 4.69) is 16.0 Å². The van der Waals surface area contributed by atoms with Crippen LogP contribution in [0.2, 0.25) is 5.02 Å². The number of nitrogens with one attached hydrogen (secondary N) is 3. The largest absolute Gasteiger partial charge is 0.480 e. The number of aliphatic carboxylic acids is 1. The van der Waals surface area contributed by atoms with Crippen LogP contribution in [0.3, 0.4) is 0 Å². The van der Waals surface area contributed by atoms with Crippen LogP contribution in [0.25, 0.3) is 0 Å². The average Bonchev–Trinajstić information content (AvgIpc) is 2.51. The molecule has 4 amide bonds. The number of urea groups is 1. The van der Waals surface area contributed by atoms with Crippen LogP contribution >= 0.6 is 11.6 Å². The van der Waals surface area contributed by atoms with Crippen molar-refractivity contribution in [2.75, 3.05) is 11.9 Å². The van der Waals surface area contributed by atoms with Crippen molar-refractivity contribution in [3.05, 3.63) is 29.3 Å². The molecule has 1 atom stereocenters. The number of halogens is 1. The van der Waals surface area contributed by atoms with Crippen LogP contribution in [0.1, 0.15) is 12.8 Å². The lowest BCUT2D eigenvalue weighted by atomic mass is 10.1. The molecule has 0 aliphatic rings. The SMILES string of the molecule is NC(=O)CCC(NC(=O)CNC(=O)Nc1ccc(Cl)cc1)C(=O)O. The van der Waals surface area contributed by atoms with Gasteiger partial charge in [0.2, 0.25) is 11.8 Å². The van der Waals surface area contributed by atoms with Gasteiger partial charge in [-0.2, -0.15) is 0 Å². The van der Waals surface area contributed by atoms with Gasteiger partial charge in [0.25, 0.3) is 0 Å². The summed E-state index contributed by atoms with van der Waals surface area (Å²) in [7, 11) is 0. The van der Waals surface area contributed by atoms with Crippen LogP contribution in [0.4, 0.5) is 10.5 Å². The van der Waals surface area contributed by atoms with Crippen LogP contribution in [0.5, 0.6) is 0 Å². The van der Waals surface area contributed by atoms with Crippen LogP contribution in [-0.4, -0.2) is 41.5 Å². The molecule has 1 rings (SSSR count). The Kier molecular flexibility index (Phi) is 7.50. The predicted octanol–water partition coefficient (Wildman–Crippen LogP) is 0.296. The number of amides is 4. The van der Waals surface area contributed by atoms with Gasteiger partial charge in [0.05, 0.1) is 6.54 Å². The van der Waals surface area contributed by atoms with Crippen molar-refractivity contribution < 1.29 is 24.3 Å². The third-order valence-corrected chi connectivity index (χ3v) is 3.08. The molecule has 0 fully saturated rings. The number of primary amides is 1. The smallest absolute Gasteiger partial charge is 0.326 e. The van der Waals surface area contributed by atoms with E-state index in [9.17, 15) is 19.2 Å². The Morgan fingerprint density at radius 2 is 1.79 bits per heavy atom. The number of carbonyl (C=O) groups is 4. The van der Waals surface area contributed by atoms with Crippen molar-refractivity contribution in [2.24, 2.45) is 5.73 Å². The van der Waals surface area contributed by atoms with E-state index < -0.39 is 36.4 Å². The maximum absolute atomic E-state index is 11.7. The number of anilines is 1. The Hall–Kier alpha value is -2.81. The minimum atomic E-state index is -1.30. The van der Waals surface area contributed by atoms with E-state index in [-0.39, 0.29) is 12.8 Å². The monoisotopic (exact) mass is 356 g/mol. The second kappa shape index (κ2) is 9.36. The summed E-state index contributed by atoms with van der Waals surface area (Å²) in [5.74, 6) is -2.68. The molecular formula is C14H17ClN4O5. The van der Waals surface area contributed by atoms with E-state index in [1.165, 1.54) is 0 Å². The molecule has 0 spiro atoms. The predicted molar refractivity (Wildman–Crippen MR) is 86.5 cm³/mol. The first-order valence-corrected chi connectivity index (χ1v) is 7.26. The molecule has 0 saturated heterocycles. The lowest BCUT2D eigenvalue weighted by molar-refractivity contribution is -0.142. The van der Waals surface area contributed by atoms with Crippen LogP contribution in [-0.2, 0) is 14.4 Å². The molecule has 9 nitrogen and oxygen atoms in total. The third kappa shape index (κ3) is 7.45. The third-order valence-electron chi connectivity index (χ3n) is 2.82. The Balaban J connectivity index is 2.40. The molecule has 0 saturated carbocycles. The number of carboxylic acids is 1. The number of benzene rings is 1. The molecule has 24 heavy (non-hydrogen) atoms. The summed E-state index contributed by atoms with van der Waals surface area (Å²) in [6, 6.07) is 4.42. The molecule has 0 radical (unpaired) electrons. The lowest BCUT2D eigenvalue weighted by Gasteiger charge is -2.14. The fourth-order valence-electron chi connectivity index (χ4n) is 1.66. The first-order valence-electron chi connectivity index (χ1n) is 6.89. The molecule has 130 valence electrons. The normalized spacial score (nSPS) is 11.2. The van der Waals surface area contributed by atoms with Gasteiger partial charge in [0.15, 0.2) is 0 Å². The van der Waals surface area contributed by atoms with Crippen LogP contribution < -0.4 is 21.7 Å². The van der Waals surface area contributed by atoms with E-state index in [1.54, 1.807) is 24.3 Å². The van der Waals surface area contributed by atoms with Gasteiger partial charge in [0.1, 0.15) is 6.04 Å². The summed E-state index contributed by atoms with van der Waals surface area (Å²) >= 11 is 5.71. The van der Waals surface area contributed by atoms with Gasteiger partial charge in [-0.05, 0) is 30.7 Å². The minimum absolute atomic E-state index is 0.132. The number of nitrogens with two attached hydrogens (primary N) is 1. The van der Waals surface area contributed by atoms with Gasteiger partial charge in [-0.15, -0.1) is 0 Å². The van der Waals surface area contributed by atoms with Gasteiger partial charge in [-0.25, -0.2) is 9.59 Å². The molecule has 1 unspecified atom stereocenters. The second-order valence-electron chi connectivity index (χ2n) is 4.78. The molecular weight excluding hydrogens is 340 g/mol. The van der Waals surface area contributed by atoms with Gasteiger partial charge < -0.3 is 26.8 Å². The first kappa shape index (κ1) is 19.2. The van der Waals surface area contributed by atoms with Crippen molar-refractivity contribution in [3.63, 3.8) is 0 Å². The summed E-state index contributed by atoms with van der Waals surface area (Å²) in [5.41, 5.74) is 5.41. The topological polar surface area (TPSA) is 151 Å². The van der Waals surface area contributed by atoms with Crippen molar-refractivity contribution in [1.29, 1.82) is 0 Å².